The molecule has 2 N–H and O–H groups in total. The van der Waals surface area contributed by atoms with Gasteiger partial charge in [0.05, 0.1) is 11.4 Å². The second-order valence-electron chi connectivity index (χ2n) is 8.61. The Labute approximate surface area is 227 Å². The minimum atomic E-state index is -0.279. The van der Waals surface area contributed by atoms with Gasteiger partial charge in [-0.1, -0.05) is 41.2 Å². The molecule has 1 aliphatic carbocycles. The van der Waals surface area contributed by atoms with Gasteiger partial charge >= 0.3 is 0 Å². The van der Waals surface area contributed by atoms with Crippen LogP contribution in [0.3, 0.4) is 0 Å². The molecular weight excluding hydrogens is 520 g/mol. The van der Waals surface area contributed by atoms with E-state index in [9.17, 15) is 9.59 Å². The Bertz CT molecular complexity index is 1330. The number of nitrogens with one attached hydrogen (secondary N) is 2. The van der Waals surface area contributed by atoms with Crippen molar-refractivity contribution in [1.29, 1.82) is 0 Å². The van der Waals surface area contributed by atoms with Gasteiger partial charge in [0.25, 0.3) is 0 Å². The molecule has 2 amide bonds. The molecule has 10 nitrogen and oxygen atoms in total. The van der Waals surface area contributed by atoms with Crippen molar-refractivity contribution in [2.24, 2.45) is 0 Å². The van der Waals surface area contributed by atoms with Crippen LogP contribution in [0.15, 0.2) is 60.9 Å². The van der Waals surface area contributed by atoms with Crippen molar-refractivity contribution < 1.29 is 9.59 Å². The van der Waals surface area contributed by atoms with E-state index in [0.717, 1.165) is 35.7 Å². The minimum Gasteiger partial charge on any atom is -0.297 e. The van der Waals surface area contributed by atoms with Gasteiger partial charge in [0.2, 0.25) is 22.1 Å². The van der Waals surface area contributed by atoms with Gasteiger partial charge in [0.15, 0.2) is 0 Å². The maximum atomic E-state index is 12.3. The molecule has 0 spiro atoms. The summed E-state index contributed by atoms with van der Waals surface area (Å²) in [6.45, 7) is 0. The predicted octanol–water partition coefficient (Wildman–Crippen LogP) is 4.92. The Hall–Kier alpha value is -4.16. The number of hydrogen-bond donors (Lipinski definition) is 2. The normalized spacial score (nSPS) is 17.6. The van der Waals surface area contributed by atoms with Crippen molar-refractivity contribution in [3.05, 3.63) is 82.3 Å². The van der Waals surface area contributed by atoms with Gasteiger partial charge in [-0.15, -0.1) is 20.4 Å². The van der Waals surface area contributed by atoms with Crippen LogP contribution in [0.1, 0.15) is 58.9 Å². The molecule has 0 saturated heterocycles. The van der Waals surface area contributed by atoms with Crippen molar-refractivity contribution in [3.8, 4) is 0 Å². The maximum absolute atomic E-state index is 12.3. The number of amides is 2. The van der Waals surface area contributed by atoms with Gasteiger partial charge in [-0.25, -0.2) is 0 Å². The molecule has 4 heterocycles. The third-order valence-corrected chi connectivity index (χ3v) is 7.90. The number of pyridine rings is 2. The Kier molecular flexibility index (Phi) is 8.31. The molecule has 4 aromatic rings. The molecule has 0 aliphatic heterocycles. The third kappa shape index (κ3) is 6.99. The monoisotopic (exact) mass is 544 g/mol. The van der Waals surface area contributed by atoms with E-state index in [2.05, 4.69) is 41.0 Å². The number of hydrogen-bond acceptors (Lipinski definition) is 10. The molecule has 5 rings (SSSR count). The SMILES string of the molecule is O=C(C=Cc1ccccn1)Nc1nnc(C2CCCC(c3nnc(NC(=O)C=Cc4ccccn4)s3)C2)s1. The van der Waals surface area contributed by atoms with Crippen LogP contribution in [0.25, 0.3) is 12.2 Å². The van der Waals surface area contributed by atoms with E-state index in [4.69, 9.17) is 0 Å². The van der Waals surface area contributed by atoms with Gasteiger partial charge in [-0.2, -0.15) is 0 Å². The summed E-state index contributed by atoms with van der Waals surface area (Å²) in [7, 11) is 0. The van der Waals surface area contributed by atoms with E-state index in [1.807, 2.05) is 36.4 Å². The summed E-state index contributed by atoms with van der Waals surface area (Å²) in [6.07, 6.45) is 13.4. The molecule has 38 heavy (non-hydrogen) atoms. The van der Waals surface area contributed by atoms with E-state index in [0.29, 0.717) is 21.7 Å². The smallest absolute Gasteiger partial charge is 0.250 e. The summed E-state index contributed by atoms with van der Waals surface area (Å²) >= 11 is 2.80. The third-order valence-electron chi connectivity index (χ3n) is 5.90. The number of aromatic nitrogens is 6. The van der Waals surface area contributed by atoms with Crippen molar-refractivity contribution in [3.63, 3.8) is 0 Å². The topological polar surface area (TPSA) is 136 Å². The molecule has 0 radical (unpaired) electrons. The average molecular weight is 545 g/mol. The van der Waals surface area contributed by atoms with Crippen LogP contribution in [0.4, 0.5) is 10.3 Å². The number of rotatable bonds is 8. The standard InChI is InChI=1S/C26H24N8O2S2/c35-21(12-10-19-8-1-3-14-27-19)29-25-33-31-23(37-25)17-6-5-7-18(16-17)24-32-34-26(38-24)30-22(36)13-11-20-9-2-4-15-28-20/h1-4,8-15,17-18H,5-7,16H2,(H,29,33,35)(H,30,34,36). The number of carbonyl (C=O) groups is 2. The first-order valence-electron chi connectivity index (χ1n) is 12.1. The zero-order valence-electron chi connectivity index (χ0n) is 20.2. The number of carbonyl (C=O) groups excluding carboxylic acids is 2. The highest BCUT2D eigenvalue weighted by Gasteiger charge is 2.29. The lowest BCUT2D eigenvalue weighted by atomic mass is 9.82. The second-order valence-corrected chi connectivity index (χ2v) is 10.6. The van der Waals surface area contributed by atoms with E-state index in [1.54, 1.807) is 24.5 Å². The summed E-state index contributed by atoms with van der Waals surface area (Å²) in [5, 5.41) is 25.3. The number of anilines is 2. The van der Waals surface area contributed by atoms with Crippen LogP contribution in [-0.2, 0) is 9.59 Å². The fraction of sp³-hybridized carbons (Fsp3) is 0.231. The molecule has 0 aromatic carbocycles. The van der Waals surface area contributed by atoms with Crippen LogP contribution in [0, 0.1) is 0 Å². The van der Waals surface area contributed by atoms with Crippen LogP contribution >= 0.6 is 22.7 Å². The molecule has 12 heteroatoms. The maximum Gasteiger partial charge on any atom is 0.250 e. The second kappa shape index (κ2) is 12.4. The Morgan fingerprint density at radius 2 is 1.24 bits per heavy atom. The zero-order chi connectivity index (χ0) is 26.2. The molecular formula is C26H24N8O2S2. The fourth-order valence-corrected chi connectivity index (χ4v) is 5.89. The first-order valence-corrected chi connectivity index (χ1v) is 13.7. The first kappa shape index (κ1) is 25.5. The molecule has 1 aliphatic rings. The highest BCUT2D eigenvalue weighted by molar-refractivity contribution is 7.15. The van der Waals surface area contributed by atoms with Crippen molar-refractivity contribution in [1.82, 2.24) is 30.4 Å². The average Bonchev–Trinajstić information content (AvgIpc) is 3.62. The fourth-order valence-electron chi connectivity index (χ4n) is 4.10. The Balaban J connectivity index is 1.15. The lowest BCUT2D eigenvalue weighted by Crippen LogP contribution is -2.12. The summed E-state index contributed by atoms with van der Waals surface area (Å²) in [5.74, 6) is -0.107. The minimum absolute atomic E-state index is 0.226. The van der Waals surface area contributed by atoms with E-state index < -0.39 is 0 Å². The van der Waals surface area contributed by atoms with Gasteiger partial charge < -0.3 is 0 Å². The van der Waals surface area contributed by atoms with E-state index >= 15 is 0 Å². The van der Waals surface area contributed by atoms with Crippen LogP contribution in [-0.4, -0.2) is 42.2 Å². The molecule has 1 fully saturated rings. The van der Waals surface area contributed by atoms with Gasteiger partial charge in [0, 0.05) is 36.4 Å². The Morgan fingerprint density at radius 1 is 0.737 bits per heavy atom. The largest absolute Gasteiger partial charge is 0.297 e. The van der Waals surface area contributed by atoms with E-state index in [1.165, 1.54) is 34.8 Å². The van der Waals surface area contributed by atoms with Crippen LogP contribution in [0.5, 0.6) is 0 Å². The van der Waals surface area contributed by atoms with Gasteiger partial charge in [0.1, 0.15) is 10.0 Å². The highest BCUT2D eigenvalue weighted by atomic mass is 32.1. The molecule has 2 unspecified atom stereocenters. The van der Waals surface area contributed by atoms with E-state index in [-0.39, 0.29) is 23.7 Å². The summed E-state index contributed by atoms with van der Waals surface area (Å²) in [6, 6.07) is 11.0. The predicted molar refractivity (Wildman–Crippen MR) is 148 cm³/mol. The first-order chi connectivity index (χ1) is 18.6. The van der Waals surface area contributed by atoms with Crippen LogP contribution < -0.4 is 10.6 Å². The summed E-state index contributed by atoms with van der Waals surface area (Å²) in [4.78, 5) is 32.9. The molecule has 1 saturated carbocycles. The van der Waals surface area contributed by atoms with Crippen molar-refractivity contribution in [2.45, 2.75) is 37.5 Å². The molecule has 4 aromatic heterocycles. The lowest BCUT2D eigenvalue weighted by molar-refractivity contribution is -0.112. The van der Waals surface area contributed by atoms with Gasteiger partial charge in [-0.3, -0.25) is 30.2 Å². The quantitative estimate of drug-likeness (QED) is 0.298. The molecule has 0 bridgehead atoms. The lowest BCUT2D eigenvalue weighted by Gasteiger charge is -2.25. The molecule has 192 valence electrons. The highest BCUT2D eigenvalue weighted by Crippen LogP contribution is 2.43. The zero-order valence-corrected chi connectivity index (χ0v) is 21.9. The summed E-state index contributed by atoms with van der Waals surface area (Å²) < 4.78 is 0. The molecule has 2 atom stereocenters. The van der Waals surface area contributed by atoms with Crippen molar-refractivity contribution in [2.75, 3.05) is 10.6 Å². The summed E-state index contributed by atoms with van der Waals surface area (Å²) in [5.41, 5.74) is 1.41. The van der Waals surface area contributed by atoms with Crippen molar-refractivity contribution >= 4 is 56.9 Å². The van der Waals surface area contributed by atoms with Gasteiger partial charge in [-0.05, 0) is 55.7 Å². The number of nitrogens with zero attached hydrogens (tertiary/aromatic N) is 6. The Morgan fingerprint density at radius 3 is 1.68 bits per heavy atom. The van der Waals surface area contributed by atoms with Crippen LogP contribution in [0.2, 0.25) is 0 Å².